The van der Waals surface area contributed by atoms with Gasteiger partial charge in [0, 0.05) is 47.4 Å². The molecule has 4 rings (SSSR count). The van der Waals surface area contributed by atoms with Gasteiger partial charge in [0.2, 0.25) is 0 Å². The van der Waals surface area contributed by atoms with Gasteiger partial charge in [0.1, 0.15) is 0 Å². The molecule has 0 amide bonds. The first kappa shape index (κ1) is 27.3. The maximum Gasteiger partial charge on any atom is 0.308 e. The molecule has 38 heavy (non-hydrogen) atoms. The zero-order chi connectivity index (χ0) is 27.7. The van der Waals surface area contributed by atoms with Crippen molar-refractivity contribution in [2.45, 2.75) is 27.7 Å². The highest BCUT2D eigenvalue weighted by atomic mass is 79.9. The quantitative estimate of drug-likeness (QED) is 0.171. The van der Waals surface area contributed by atoms with E-state index in [9.17, 15) is 19.2 Å². The van der Waals surface area contributed by atoms with Gasteiger partial charge in [0.25, 0.3) is 0 Å². The minimum Gasteiger partial charge on any atom is -0.423 e. The molecule has 4 aromatic rings. The largest absolute Gasteiger partial charge is 0.423 e. The zero-order valence-electron chi connectivity index (χ0n) is 20.6. The molecule has 8 nitrogen and oxygen atoms in total. The van der Waals surface area contributed by atoms with Crippen LogP contribution >= 0.6 is 31.9 Å². The topological polar surface area (TPSA) is 105 Å². The minimum absolute atomic E-state index is 0.0266. The van der Waals surface area contributed by atoms with Crippen LogP contribution in [-0.2, 0) is 19.2 Å². The molecule has 0 bridgehead atoms. The van der Waals surface area contributed by atoms with E-state index in [0.717, 1.165) is 8.95 Å². The van der Waals surface area contributed by atoms with Crippen LogP contribution in [0.4, 0.5) is 0 Å². The smallest absolute Gasteiger partial charge is 0.308 e. The second-order valence-corrected chi connectivity index (χ2v) is 10.1. The van der Waals surface area contributed by atoms with Gasteiger partial charge in [-0.25, -0.2) is 0 Å². The Hall–Kier alpha value is -3.76. The van der Waals surface area contributed by atoms with Crippen molar-refractivity contribution in [3.63, 3.8) is 0 Å². The number of esters is 4. The number of hydrogen-bond acceptors (Lipinski definition) is 8. The third-order valence-electron chi connectivity index (χ3n) is 5.32. The number of ether oxygens (including phenoxy) is 4. The number of benzene rings is 4. The molecule has 0 unspecified atom stereocenters. The van der Waals surface area contributed by atoms with Gasteiger partial charge >= 0.3 is 23.9 Å². The van der Waals surface area contributed by atoms with Crippen molar-refractivity contribution in [3.05, 3.63) is 57.5 Å². The lowest BCUT2D eigenvalue weighted by molar-refractivity contribution is -0.134. The maximum atomic E-state index is 12.0. The van der Waals surface area contributed by atoms with Crippen LogP contribution < -0.4 is 18.9 Å². The fourth-order valence-electron chi connectivity index (χ4n) is 4.09. The van der Waals surface area contributed by atoms with E-state index < -0.39 is 23.9 Å². The predicted molar refractivity (Wildman–Crippen MR) is 148 cm³/mol. The molecule has 0 saturated carbocycles. The van der Waals surface area contributed by atoms with E-state index in [1.54, 1.807) is 36.4 Å². The lowest BCUT2D eigenvalue weighted by Gasteiger charge is -2.19. The normalized spacial score (nSPS) is 10.8. The molecular weight excluding hydrogens is 624 g/mol. The van der Waals surface area contributed by atoms with E-state index in [4.69, 9.17) is 18.9 Å². The fourth-order valence-corrected chi connectivity index (χ4v) is 4.82. The molecule has 0 heterocycles. The van der Waals surface area contributed by atoms with Gasteiger partial charge in [0.05, 0.1) is 0 Å². The third kappa shape index (κ3) is 5.71. The monoisotopic (exact) mass is 642 g/mol. The molecule has 0 aliphatic heterocycles. The number of halogens is 2. The van der Waals surface area contributed by atoms with Gasteiger partial charge in [-0.05, 0) is 70.4 Å². The van der Waals surface area contributed by atoms with Crippen LogP contribution in [0, 0.1) is 0 Å². The average molecular weight is 644 g/mol. The first-order chi connectivity index (χ1) is 17.9. The maximum absolute atomic E-state index is 12.0. The van der Waals surface area contributed by atoms with Gasteiger partial charge in [-0.15, -0.1) is 0 Å². The summed E-state index contributed by atoms with van der Waals surface area (Å²) in [4.78, 5) is 47.8. The Morgan fingerprint density at radius 3 is 1.16 bits per heavy atom. The van der Waals surface area contributed by atoms with Gasteiger partial charge in [-0.3, -0.25) is 19.2 Å². The van der Waals surface area contributed by atoms with E-state index in [1.165, 1.54) is 27.7 Å². The highest BCUT2D eigenvalue weighted by molar-refractivity contribution is 9.10. The number of carbonyl (C=O) groups excluding carboxylic acids is 4. The molecule has 0 aliphatic rings. The summed E-state index contributed by atoms with van der Waals surface area (Å²) < 4.78 is 23.3. The van der Waals surface area contributed by atoms with Crippen LogP contribution in [0.2, 0.25) is 0 Å². The van der Waals surface area contributed by atoms with Crippen LogP contribution in [0.15, 0.2) is 57.5 Å². The summed E-state index contributed by atoms with van der Waals surface area (Å²) in [6.07, 6.45) is 0. The zero-order valence-corrected chi connectivity index (χ0v) is 23.8. The summed E-state index contributed by atoms with van der Waals surface area (Å²) >= 11 is 6.99. The molecule has 0 spiro atoms. The second kappa shape index (κ2) is 10.9. The van der Waals surface area contributed by atoms with Crippen molar-refractivity contribution in [2.75, 3.05) is 0 Å². The molecule has 0 radical (unpaired) electrons. The Balaban J connectivity index is 2.19. The van der Waals surface area contributed by atoms with E-state index in [2.05, 4.69) is 31.9 Å². The van der Waals surface area contributed by atoms with Crippen LogP contribution in [0.5, 0.6) is 23.0 Å². The molecule has 4 aromatic carbocycles. The summed E-state index contributed by atoms with van der Waals surface area (Å²) in [5.41, 5.74) is 1.14. The van der Waals surface area contributed by atoms with Crippen LogP contribution in [-0.4, -0.2) is 23.9 Å². The van der Waals surface area contributed by atoms with Crippen molar-refractivity contribution in [2.24, 2.45) is 0 Å². The van der Waals surface area contributed by atoms with E-state index >= 15 is 0 Å². The van der Waals surface area contributed by atoms with Crippen LogP contribution in [0.25, 0.3) is 32.7 Å². The first-order valence-electron chi connectivity index (χ1n) is 11.2. The minimum atomic E-state index is -0.612. The standard InChI is InChI=1S/C28H20Br2O8/c1-13(31)35-25-11-23(21-9-17(29)5-7-19(21)27(25)37-15(3)33)24-12-26(36-14(2)32)28(38-16(4)34)20-8-6-18(30)10-22(20)24/h5-12H,1-4H3. The summed E-state index contributed by atoms with van der Waals surface area (Å²) in [5, 5.41) is 2.28. The Bertz CT molecular complexity index is 1540. The van der Waals surface area contributed by atoms with E-state index in [1.807, 2.05) is 12.1 Å². The van der Waals surface area contributed by atoms with Gasteiger partial charge < -0.3 is 18.9 Å². The number of hydrogen-bond donors (Lipinski definition) is 0. The predicted octanol–water partition coefficient (Wildman–Crippen LogP) is 6.89. The van der Waals surface area contributed by atoms with Gasteiger partial charge in [-0.1, -0.05) is 31.9 Å². The van der Waals surface area contributed by atoms with Gasteiger partial charge in [-0.2, -0.15) is 0 Å². The average Bonchev–Trinajstić information content (AvgIpc) is 2.80. The summed E-state index contributed by atoms with van der Waals surface area (Å²) in [5.74, 6) is -2.18. The highest BCUT2D eigenvalue weighted by Gasteiger charge is 2.24. The molecule has 0 N–H and O–H groups in total. The molecule has 10 heteroatoms. The van der Waals surface area contributed by atoms with E-state index in [0.29, 0.717) is 32.7 Å². The lowest BCUT2D eigenvalue weighted by atomic mass is 9.92. The van der Waals surface area contributed by atoms with Crippen LogP contribution in [0.1, 0.15) is 27.7 Å². The van der Waals surface area contributed by atoms with Crippen molar-refractivity contribution < 1.29 is 38.1 Å². The SMILES string of the molecule is CC(=O)Oc1cc(-c2cc(OC(C)=O)c(OC(C)=O)c3ccc(Br)cc23)c2cc(Br)ccc2c1OC(C)=O. The lowest BCUT2D eigenvalue weighted by Crippen LogP contribution is -2.09. The summed E-state index contributed by atoms with van der Waals surface area (Å²) in [6, 6.07) is 13.8. The second-order valence-electron chi connectivity index (χ2n) is 8.26. The van der Waals surface area contributed by atoms with E-state index in [-0.39, 0.29) is 23.0 Å². The Morgan fingerprint density at radius 2 is 0.842 bits per heavy atom. The van der Waals surface area contributed by atoms with Crippen molar-refractivity contribution in [1.82, 2.24) is 0 Å². The molecule has 0 saturated heterocycles. The third-order valence-corrected chi connectivity index (χ3v) is 6.31. The molecule has 0 atom stereocenters. The Morgan fingerprint density at radius 1 is 0.500 bits per heavy atom. The first-order valence-corrected chi connectivity index (χ1v) is 12.8. The number of carbonyl (C=O) groups is 4. The van der Waals surface area contributed by atoms with Crippen molar-refractivity contribution in [1.29, 1.82) is 0 Å². The molecule has 0 aromatic heterocycles. The molecule has 0 aliphatic carbocycles. The van der Waals surface area contributed by atoms with Crippen LogP contribution in [0.3, 0.4) is 0 Å². The Kier molecular flexibility index (Phi) is 7.84. The Labute approximate surface area is 234 Å². The highest BCUT2D eigenvalue weighted by Crippen LogP contribution is 2.48. The summed E-state index contributed by atoms with van der Waals surface area (Å²) in [6.45, 7) is 4.98. The van der Waals surface area contributed by atoms with Gasteiger partial charge in [0.15, 0.2) is 23.0 Å². The summed E-state index contributed by atoms with van der Waals surface area (Å²) in [7, 11) is 0. The van der Waals surface area contributed by atoms with Crippen molar-refractivity contribution in [3.8, 4) is 34.1 Å². The number of rotatable bonds is 5. The fraction of sp³-hybridized carbons (Fsp3) is 0.143. The molecular formula is C28H20Br2O8. The number of fused-ring (bicyclic) bond motifs is 2. The molecule has 194 valence electrons. The molecule has 0 fully saturated rings. The van der Waals surface area contributed by atoms with Crippen molar-refractivity contribution >= 4 is 77.3 Å².